The first-order valence-electron chi connectivity index (χ1n) is 4.37. The van der Waals surface area contributed by atoms with Crippen LogP contribution < -0.4 is 0 Å². The smallest absolute Gasteiger partial charge is 0.197 e. The van der Waals surface area contributed by atoms with E-state index < -0.39 is 19.0 Å². The summed E-state index contributed by atoms with van der Waals surface area (Å²) in [7, 11) is -2.70. The Hall–Kier alpha value is -0.990. The summed E-state index contributed by atoms with van der Waals surface area (Å²) in [6.45, 7) is 2.45. The maximum Gasteiger partial charge on any atom is 0.197 e. The molecule has 0 aliphatic heterocycles. The third-order valence-electron chi connectivity index (χ3n) is 1.68. The van der Waals surface area contributed by atoms with Gasteiger partial charge in [-0.2, -0.15) is 0 Å². The second-order valence-corrected chi connectivity index (χ2v) is 6.19. The maximum absolute atomic E-state index is 13.1. The SMILES string of the molecule is CP(C)(=O)OCC(=O)c1ccccc1F. The number of rotatable bonds is 4. The van der Waals surface area contributed by atoms with Crippen LogP contribution in [0.2, 0.25) is 0 Å². The van der Waals surface area contributed by atoms with Crippen molar-refractivity contribution in [3.8, 4) is 0 Å². The molecular weight excluding hydrogens is 218 g/mol. The van der Waals surface area contributed by atoms with Crippen LogP contribution >= 0.6 is 7.37 Å². The second-order valence-electron chi connectivity index (χ2n) is 3.43. The number of hydrogen-bond acceptors (Lipinski definition) is 3. The van der Waals surface area contributed by atoms with Gasteiger partial charge in [-0.3, -0.25) is 9.36 Å². The minimum absolute atomic E-state index is 0.0362. The van der Waals surface area contributed by atoms with E-state index in [1.165, 1.54) is 31.5 Å². The molecule has 0 aromatic heterocycles. The average Bonchev–Trinajstić information content (AvgIpc) is 2.14. The lowest BCUT2D eigenvalue weighted by atomic mass is 10.1. The fourth-order valence-electron chi connectivity index (χ4n) is 0.979. The predicted octanol–water partition coefficient (Wildman–Crippen LogP) is 2.56. The van der Waals surface area contributed by atoms with E-state index in [0.29, 0.717) is 0 Å². The summed E-state index contributed by atoms with van der Waals surface area (Å²) in [6.07, 6.45) is 0. The van der Waals surface area contributed by atoms with Crippen LogP contribution in [-0.2, 0) is 9.09 Å². The van der Waals surface area contributed by atoms with Crippen molar-refractivity contribution in [2.45, 2.75) is 0 Å². The van der Waals surface area contributed by atoms with Crippen LogP contribution in [0.4, 0.5) is 4.39 Å². The first kappa shape index (κ1) is 12.1. The van der Waals surface area contributed by atoms with Gasteiger partial charge < -0.3 is 4.52 Å². The van der Waals surface area contributed by atoms with Crippen molar-refractivity contribution in [3.63, 3.8) is 0 Å². The predicted molar refractivity (Wildman–Crippen MR) is 56.1 cm³/mol. The fraction of sp³-hybridized carbons (Fsp3) is 0.300. The topological polar surface area (TPSA) is 43.4 Å². The van der Waals surface area contributed by atoms with Crippen molar-refractivity contribution < 1.29 is 18.3 Å². The van der Waals surface area contributed by atoms with Gasteiger partial charge in [0.1, 0.15) is 12.4 Å². The summed E-state index contributed by atoms with van der Waals surface area (Å²) < 4.78 is 29.1. The molecule has 0 heterocycles. The summed E-state index contributed by atoms with van der Waals surface area (Å²) in [6, 6.07) is 5.63. The van der Waals surface area contributed by atoms with Gasteiger partial charge in [0.25, 0.3) is 0 Å². The minimum Gasteiger partial charge on any atom is -0.320 e. The third-order valence-corrected chi connectivity index (χ3v) is 2.43. The molecule has 0 amide bonds. The van der Waals surface area contributed by atoms with Gasteiger partial charge in [0.15, 0.2) is 13.2 Å². The lowest BCUT2D eigenvalue weighted by Crippen LogP contribution is -2.09. The molecule has 0 radical (unpaired) electrons. The van der Waals surface area contributed by atoms with Crippen molar-refractivity contribution in [3.05, 3.63) is 35.6 Å². The zero-order chi connectivity index (χ0) is 11.5. The first-order chi connectivity index (χ1) is 6.90. The number of ketones is 1. The van der Waals surface area contributed by atoms with Crippen LogP contribution in [0, 0.1) is 5.82 Å². The number of Topliss-reactive ketones (excluding diaryl/α,β-unsaturated/α-hetero) is 1. The van der Waals surface area contributed by atoms with Crippen molar-refractivity contribution >= 4 is 13.2 Å². The molecule has 15 heavy (non-hydrogen) atoms. The van der Waals surface area contributed by atoms with Crippen LogP contribution in [0.25, 0.3) is 0 Å². The summed E-state index contributed by atoms with van der Waals surface area (Å²) in [5.41, 5.74) is -0.0362. The van der Waals surface area contributed by atoms with Gasteiger partial charge in [-0.05, 0) is 12.1 Å². The van der Waals surface area contributed by atoms with Crippen LogP contribution in [0.15, 0.2) is 24.3 Å². The van der Waals surface area contributed by atoms with E-state index in [-0.39, 0.29) is 12.2 Å². The molecule has 82 valence electrons. The first-order valence-corrected chi connectivity index (χ1v) is 6.89. The Morgan fingerprint density at radius 1 is 1.40 bits per heavy atom. The fourth-order valence-corrected chi connectivity index (χ4v) is 1.41. The van der Waals surface area contributed by atoms with Gasteiger partial charge in [-0.15, -0.1) is 0 Å². The molecule has 0 unspecified atom stereocenters. The van der Waals surface area contributed by atoms with Gasteiger partial charge in [0.2, 0.25) is 0 Å². The van der Waals surface area contributed by atoms with Gasteiger partial charge in [-0.25, -0.2) is 4.39 Å². The van der Waals surface area contributed by atoms with Crippen molar-refractivity contribution in [2.24, 2.45) is 0 Å². The lowest BCUT2D eigenvalue weighted by molar-refractivity contribution is 0.0920. The van der Waals surface area contributed by atoms with E-state index in [1.54, 1.807) is 6.07 Å². The average molecular weight is 230 g/mol. The molecule has 0 bridgehead atoms. The summed E-state index contributed by atoms with van der Waals surface area (Å²) in [5.74, 6) is -1.09. The quantitative estimate of drug-likeness (QED) is 0.589. The number of carbonyl (C=O) groups is 1. The Morgan fingerprint density at radius 2 is 2.00 bits per heavy atom. The standard InChI is InChI=1S/C10H12FO3P/c1-15(2,13)14-7-10(12)8-5-3-4-6-9(8)11/h3-6H,7H2,1-2H3. The third kappa shape index (κ3) is 3.94. The Balaban J connectivity index is 2.71. The van der Waals surface area contributed by atoms with Crippen molar-refractivity contribution in [1.29, 1.82) is 0 Å². The van der Waals surface area contributed by atoms with Crippen LogP contribution in [0.5, 0.6) is 0 Å². The molecule has 0 atom stereocenters. The number of carbonyl (C=O) groups excluding carboxylic acids is 1. The Morgan fingerprint density at radius 3 is 2.53 bits per heavy atom. The monoisotopic (exact) mass is 230 g/mol. The lowest BCUT2D eigenvalue weighted by Gasteiger charge is -2.07. The highest BCUT2D eigenvalue weighted by Gasteiger charge is 2.14. The van der Waals surface area contributed by atoms with Crippen LogP contribution in [-0.4, -0.2) is 25.7 Å². The maximum atomic E-state index is 13.1. The van der Waals surface area contributed by atoms with Crippen LogP contribution in [0.1, 0.15) is 10.4 Å². The zero-order valence-corrected chi connectivity index (χ0v) is 9.46. The molecule has 0 saturated heterocycles. The zero-order valence-electron chi connectivity index (χ0n) is 8.57. The van der Waals surface area contributed by atoms with E-state index in [2.05, 4.69) is 0 Å². The van der Waals surface area contributed by atoms with E-state index in [0.717, 1.165) is 0 Å². The van der Waals surface area contributed by atoms with Crippen LogP contribution in [0.3, 0.4) is 0 Å². The van der Waals surface area contributed by atoms with Gasteiger partial charge in [0, 0.05) is 13.3 Å². The summed E-state index contributed by atoms with van der Waals surface area (Å²) in [5, 5.41) is 0. The van der Waals surface area contributed by atoms with E-state index in [1.807, 2.05) is 0 Å². The highest BCUT2D eigenvalue weighted by Crippen LogP contribution is 2.37. The molecule has 0 N–H and O–H groups in total. The highest BCUT2D eigenvalue weighted by molar-refractivity contribution is 7.57. The molecule has 0 aliphatic rings. The molecule has 0 saturated carbocycles. The van der Waals surface area contributed by atoms with Gasteiger partial charge >= 0.3 is 0 Å². The molecular formula is C10H12FO3P. The number of benzene rings is 1. The molecule has 3 nitrogen and oxygen atoms in total. The minimum atomic E-state index is -2.70. The van der Waals surface area contributed by atoms with E-state index >= 15 is 0 Å². The molecule has 0 spiro atoms. The van der Waals surface area contributed by atoms with Gasteiger partial charge in [0.05, 0.1) is 5.56 Å². The van der Waals surface area contributed by atoms with Gasteiger partial charge in [-0.1, -0.05) is 12.1 Å². The highest BCUT2D eigenvalue weighted by atomic mass is 31.2. The normalized spacial score (nSPS) is 11.4. The molecule has 1 aromatic rings. The van der Waals surface area contributed by atoms with E-state index in [4.69, 9.17) is 4.52 Å². The Labute approximate surface area is 87.7 Å². The second kappa shape index (κ2) is 4.69. The Bertz CT molecular complexity index is 411. The molecule has 1 rings (SSSR count). The number of halogens is 1. The Kier molecular flexibility index (Phi) is 3.77. The molecule has 0 fully saturated rings. The largest absolute Gasteiger partial charge is 0.320 e. The molecule has 1 aromatic carbocycles. The van der Waals surface area contributed by atoms with Crippen molar-refractivity contribution in [2.75, 3.05) is 19.9 Å². The summed E-state index contributed by atoms with van der Waals surface area (Å²) in [4.78, 5) is 11.4. The van der Waals surface area contributed by atoms with E-state index in [9.17, 15) is 13.8 Å². The van der Waals surface area contributed by atoms with Crippen molar-refractivity contribution in [1.82, 2.24) is 0 Å². The summed E-state index contributed by atoms with van der Waals surface area (Å²) >= 11 is 0. The molecule has 5 heteroatoms. The molecule has 0 aliphatic carbocycles. The number of hydrogen-bond donors (Lipinski definition) is 0.